The van der Waals surface area contributed by atoms with Gasteiger partial charge in [-0.2, -0.15) is 0 Å². The van der Waals surface area contributed by atoms with E-state index in [2.05, 4.69) is 0 Å². The van der Waals surface area contributed by atoms with Crippen molar-refractivity contribution in [2.45, 2.75) is 25.4 Å². The molecule has 0 heterocycles. The second-order valence-corrected chi connectivity index (χ2v) is 4.45. The lowest BCUT2D eigenvalue weighted by molar-refractivity contribution is -0.158. The molecular weight excluding hydrogens is 248 g/mol. The second kappa shape index (κ2) is 4.93. The van der Waals surface area contributed by atoms with Gasteiger partial charge in [0.1, 0.15) is 6.61 Å². The van der Waals surface area contributed by atoms with Gasteiger partial charge >= 0.3 is 5.97 Å². The van der Waals surface area contributed by atoms with Crippen molar-refractivity contribution in [3.63, 3.8) is 0 Å². The molecule has 0 aliphatic heterocycles. The third-order valence-corrected chi connectivity index (χ3v) is 3.34. The summed E-state index contributed by atoms with van der Waals surface area (Å²) in [5, 5.41) is 8.75. The van der Waals surface area contributed by atoms with Crippen LogP contribution in [0, 0.1) is 0 Å². The quantitative estimate of drug-likeness (QED) is 0.826. The van der Waals surface area contributed by atoms with Gasteiger partial charge in [0.15, 0.2) is 11.4 Å². The average Bonchev–Trinajstić information content (AvgIpc) is 2.44. The second-order valence-electron chi connectivity index (χ2n) is 4.45. The third-order valence-electron chi connectivity index (χ3n) is 3.34. The summed E-state index contributed by atoms with van der Waals surface area (Å²) >= 11 is 0. The monoisotopic (exact) mass is 262 g/mol. The minimum Gasteiger partial charge on any atom is -0.448 e. The first kappa shape index (κ1) is 13.4. The average molecular weight is 262 g/mol. The van der Waals surface area contributed by atoms with E-state index in [4.69, 9.17) is 9.84 Å². The van der Waals surface area contributed by atoms with Crippen LogP contribution in [-0.2, 0) is 9.53 Å². The number of esters is 1. The Labute approximate surface area is 110 Å². The number of fused-ring (bicyclic) bond motifs is 1. The van der Waals surface area contributed by atoms with Crippen molar-refractivity contribution >= 4 is 17.5 Å². The molecule has 1 aliphatic rings. The third kappa shape index (κ3) is 2.17. The molecule has 0 saturated heterocycles. The fourth-order valence-electron chi connectivity index (χ4n) is 2.29. The van der Waals surface area contributed by atoms with Gasteiger partial charge in [-0.05, 0) is 6.42 Å². The molecule has 1 aromatic carbocycles. The molecule has 100 valence electrons. The van der Waals surface area contributed by atoms with Crippen LogP contribution < -0.4 is 0 Å². The molecule has 1 unspecified atom stereocenters. The number of aliphatic hydroxyl groups excluding tert-OH is 1. The summed E-state index contributed by atoms with van der Waals surface area (Å²) in [6.45, 7) is 0.856. The Kier molecular flexibility index (Phi) is 3.48. The number of hydrogen-bond acceptors (Lipinski definition) is 5. The van der Waals surface area contributed by atoms with Crippen LogP contribution in [-0.4, -0.2) is 34.9 Å². The molecule has 19 heavy (non-hydrogen) atoms. The van der Waals surface area contributed by atoms with Crippen LogP contribution in [0.1, 0.15) is 40.5 Å². The Morgan fingerprint density at radius 3 is 2.53 bits per heavy atom. The van der Waals surface area contributed by atoms with Crippen molar-refractivity contribution in [2.24, 2.45) is 0 Å². The maximum atomic E-state index is 12.5. The zero-order valence-electron chi connectivity index (χ0n) is 10.5. The van der Waals surface area contributed by atoms with E-state index in [1.807, 2.05) is 0 Å². The van der Waals surface area contributed by atoms with E-state index in [1.54, 1.807) is 31.2 Å². The first-order valence-electron chi connectivity index (χ1n) is 6.04. The van der Waals surface area contributed by atoms with Crippen LogP contribution in [0.5, 0.6) is 0 Å². The van der Waals surface area contributed by atoms with Crippen LogP contribution in [0.3, 0.4) is 0 Å². The topological polar surface area (TPSA) is 80.7 Å². The van der Waals surface area contributed by atoms with Gasteiger partial charge in [0.25, 0.3) is 0 Å². The maximum absolute atomic E-state index is 12.5. The smallest absolute Gasteiger partial charge is 0.332 e. The fourth-order valence-corrected chi connectivity index (χ4v) is 2.29. The number of benzene rings is 1. The zero-order chi connectivity index (χ0) is 14.0. The zero-order valence-corrected chi connectivity index (χ0v) is 10.5. The number of carbonyl (C=O) groups is 3. The summed E-state index contributed by atoms with van der Waals surface area (Å²) in [5.74, 6) is -1.52. The normalized spacial score (nSPS) is 22.0. The number of hydrogen-bond donors (Lipinski definition) is 1. The summed E-state index contributed by atoms with van der Waals surface area (Å²) in [6, 6.07) is 6.47. The molecule has 0 spiro atoms. The molecule has 0 aromatic heterocycles. The summed E-state index contributed by atoms with van der Waals surface area (Å²) in [6.07, 6.45) is 0.0166. The number of aliphatic hydroxyl groups is 1. The number of rotatable bonds is 3. The molecule has 1 aromatic rings. The Bertz CT molecular complexity index is 549. The van der Waals surface area contributed by atoms with Crippen molar-refractivity contribution in [3.8, 4) is 0 Å². The Balaban J connectivity index is 2.47. The molecule has 5 nitrogen and oxygen atoms in total. The van der Waals surface area contributed by atoms with E-state index in [0.717, 1.165) is 0 Å². The Morgan fingerprint density at radius 1 is 1.32 bits per heavy atom. The first-order chi connectivity index (χ1) is 9.04. The molecule has 0 radical (unpaired) electrons. The van der Waals surface area contributed by atoms with Crippen LogP contribution in [0.4, 0.5) is 0 Å². The summed E-state index contributed by atoms with van der Waals surface area (Å²) in [4.78, 5) is 35.8. The van der Waals surface area contributed by atoms with E-state index >= 15 is 0 Å². The number of carbonyl (C=O) groups excluding carboxylic acids is 3. The van der Waals surface area contributed by atoms with Crippen LogP contribution >= 0.6 is 0 Å². The van der Waals surface area contributed by atoms with Gasteiger partial charge in [-0.1, -0.05) is 31.2 Å². The van der Waals surface area contributed by atoms with Crippen molar-refractivity contribution in [3.05, 3.63) is 35.4 Å². The van der Waals surface area contributed by atoms with Gasteiger partial charge in [-0.3, -0.25) is 9.59 Å². The minimum atomic E-state index is -1.48. The lowest BCUT2D eigenvalue weighted by atomic mass is 9.77. The first-order valence-corrected chi connectivity index (χ1v) is 6.04. The molecule has 1 atom stereocenters. The largest absolute Gasteiger partial charge is 0.448 e. The number of Topliss-reactive ketones (excluding diaryl/α,β-unsaturated/α-hetero) is 2. The van der Waals surface area contributed by atoms with Gasteiger partial charge in [0, 0.05) is 11.1 Å². The molecule has 1 aliphatic carbocycles. The molecule has 1 N–H and O–H groups in total. The van der Waals surface area contributed by atoms with Crippen molar-refractivity contribution in [1.29, 1.82) is 0 Å². The highest BCUT2D eigenvalue weighted by Gasteiger charge is 2.47. The van der Waals surface area contributed by atoms with Crippen molar-refractivity contribution in [1.82, 2.24) is 0 Å². The van der Waals surface area contributed by atoms with Gasteiger partial charge < -0.3 is 9.84 Å². The highest BCUT2D eigenvalue weighted by atomic mass is 16.6. The van der Waals surface area contributed by atoms with E-state index in [9.17, 15) is 14.4 Å². The van der Waals surface area contributed by atoms with Gasteiger partial charge in [0.2, 0.25) is 5.78 Å². The lowest BCUT2D eigenvalue weighted by Gasteiger charge is -2.34. The van der Waals surface area contributed by atoms with Crippen molar-refractivity contribution < 1.29 is 24.2 Å². The molecule has 0 bridgehead atoms. The summed E-state index contributed by atoms with van der Waals surface area (Å²) < 4.78 is 5.06. The number of ether oxygens (including phenoxy) is 1. The molecule has 0 saturated carbocycles. The standard InChI is InChI=1S/C14H14O5/c1-2-14(19-12(17)8-15)7-11(16)9-5-3-4-6-10(9)13(14)18/h3-6,15H,2,7-8H2,1H3. The maximum Gasteiger partial charge on any atom is 0.332 e. The van der Waals surface area contributed by atoms with Crippen LogP contribution in [0.15, 0.2) is 24.3 Å². The van der Waals surface area contributed by atoms with Gasteiger partial charge in [-0.25, -0.2) is 4.79 Å². The van der Waals surface area contributed by atoms with E-state index in [-0.39, 0.29) is 30.0 Å². The highest BCUT2D eigenvalue weighted by Crippen LogP contribution is 2.34. The molecule has 0 amide bonds. The van der Waals surface area contributed by atoms with Crippen LogP contribution in [0.25, 0.3) is 0 Å². The SMILES string of the molecule is CCC1(OC(=O)CO)CC(=O)c2ccccc2C1=O. The fraction of sp³-hybridized carbons (Fsp3) is 0.357. The Hall–Kier alpha value is -2.01. The predicted octanol–water partition coefficient (Wildman–Crippen LogP) is 1.14. The predicted molar refractivity (Wildman–Crippen MR) is 65.9 cm³/mol. The van der Waals surface area contributed by atoms with E-state index < -0.39 is 18.2 Å². The van der Waals surface area contributed by atoms with E-state index in [1.165, 1.54) is 0 Å². The molecule has 2 rings (SSSR count). The summed E-state index contributed by atoms with van der Waals surface area (Å²) in [5.41, 5.74) is -0.853. The Morgan fingerprint density at radius 2 is 1.95 bits per heavy atom. The van der Waals surface area contributed by atoms with E-state index in [0.29, 0.717) is 5.56 Å². The minimum absolute atomic E-state index is 0.176. The van der Waals surface area contributed by atoms with Crippen LogP contribution in [0.2, 0.25) is 0 Å². The molecule has 0 fully saturated rings. The summed E-state index contributed by atoms with van der Waals surface area (Å²) in [7, 11) is 0. The van der Waals surface area contributed by atoms with Crippen molar-refractivity contribution in [2.75, 3.05) is 6.61 Å². The molecule has 5 heteroatoms. The van der Waals surface area contributed by atoms with Gasteiger partial charge in [0.05, 0.1) is 6.42 Å². The lowest BCUT2D eigenvalue weighted by Crippen LogP contribution is -2.48. The van der Waals surface area contributed by atoms with Gasteiger partial charge in [-0.15, -0.1) is 0 Å². The highest BCUT2D eigenvalue weighted by molar-refractivity contribution is 6.18. The molecular formula is C14H14O5. The number of ketones is 2.